The standard InChI is InChI=1S/C14H22BrNO3.ClH/c1-18-13-9-11(8-12(15)14(13)19-2)10-16-6-4-3-5-7-17;/h8-9,16-17H,3-7,10H2,1-2H3;1H. The van der Waals surface area contributed by atoms with Gasteiger partial charge in [0.15, 0.2) is 11.5 Å². The maximum Gasteiger partial charge on any atom is 0.174 e. The zero-order chi connectivity index (χ0) is 14.1. The molecule has 0 fully saturated rings. The zero-order valence-electron chi connectivity index (χ0n) is 11.9. The molecule has 2 N–H and O–H groups in total. The van der Waals surface area contributed by atoms with Crippen LogP contribution in [0.15, 0.2) is 16.6 Å². The van der Waals surface area contributed by atoms with Crippen molar-refractivity contribution in [2.75, 3.05) is 27.4 Å². The van der Waals surface area contributed by atoms with Crippen molar-refractivity contribution in [1.82, 2.24) is 5.32 Å². The molecule has 0 amide bonds. The molecule has 1 rings (SSSR count). The summed E-state index contributed by atoms with van der Waals surface area (Å²) in [5, 5.41) is 12.1. The molecule has 4 nitrogen and oxygen atoms in total. The van der Waals surface area contributed by atoms with Crippen molar-refractivity contribution >= 4 is 28.3 Å². The minimum absolute atomic E-state index is 0. The number of ether oxygens (including phenoxy) is 2. The van der Waals surface area contributed by atoms with Gasteiger partial charge in [-0.15, -0.1) is 12.4 Å². The van der Waals surface area contributed by atoms with Gasteiger partial charge in [0, 0.05) is 13.2 Å². The van der Waals surface area contributed by atoms with Gasteiger partial charge in [0.1, 0.15) is 0 Å². The molecule has 116 valence electrons. The molecular formula is C14H23BrClNO3. The van der Waals surface area contributed by atoms with E-state index in [1.807, 2.05) is 12.1 Å². The largest absolute Gasteiger partial charge is 0.493 e. The maximum absolute atomic E-state index is 8.69. The van der Waals surface area contributed by atoms with Gasteiger partial charge in [-0.05, 0) is 59.4 Å². The Morgan fingerprint density at radius 2 is 1.90 bits per heavy atom. The second kappa shape index (κ2) is 11.2. The molecule has 0 unspecified atom stereocenters. The Labute approximate surface area is 135 Å². The monoisotopic (exact) mass is 367 g/mol. The van der Waals surface area contributed by atoms with Crippen LogP contribution in [0.4, 0.5) is 0 Å². The lowest BCUT2D eigenvalue weighted by Gasteiger charge is -2.12. The maximum atomic E-state index is 8.69. The summed E-state index contributed by atoms with van der Waals surface area (Å²) in [4.78, 5) is 0. The van der Waals surface area contributed by atoms with Gasteiger partial charge >= 0.3 is 0 Å². The molecule has 0 bridgehead atoms. The van der Waals surface area contributed by atoms with Gasteiger partial charge in [0.25, 0.3) is 0 Å². The van der Waals surface area contributed by atoms with Crippen LogP contribution in [-0.4, -0.2) is 32.5 Å². The third kappa shape index (κ3) is 6.31. The van der Waals surface area contributed by atoms with Crippen molar-refractivity contribution in [2.24, 2.45) is 0 Å². The van der Waals surface area contributed by atoms with Crippen LogP contribution in [0.2, 0.25) is 0 Å². The van der Waals surface area contributed by atoms with Gasteiger partial charge in [0.05, 0.1) is 18.7 Å². The van der Waals surface area contributed by atoms with E-state index < -0.39 is 0 Å². The van der Waals surface area contributed by atoms with E-state index in [0.717, 1.165) is 48.1 Å². The number of hydrogen-bond donors (Lipinski definition) is 2. The van der Waals surface area contributed by atoms with E-state index in [1.165, 1.54) is 0 Å². The highest BCUT2D eigenvalue weighted by Crippen LogP contribution is 2.36. The molecule has 1 aromatic carbocycles. The van der Waals surface area contributed by atoms with Crippen LogP contribution in [0.25, 0.3) is 0 Å². The van der Waals surface area contributed by atoms with Gasteiger partial charge in [-0.25, -0.2) is 0 Å². The Morgan fingerprint density at radius 1 is 1.15 bits per heavy atom. The van der Waals surface area contributed by atoms with E-state index in [2.05, 4.69) is 21.2 Å². The molecule has 0 aliphatic heterocycles. The summed E-state index contributed by atoms with van der Waals surface area (Å²) in [6.07, 6.45) is 3.01. The lowest BCUT2D eigenvalue weighted by atomic mass is 10.2. The minimum Gasteiger partial charge on any atom is -0.493 e. The van der Waals surface area contributed by atoms with Crippen molar-refractivity contribution in [2.45, 2.75) is 25.8 Å². The Morgan fingerprint density at radius 3 is 2.50 bits per heavy atom. The second-order valence-corrected chi connectivity index (χ2v) is 5.13. The van der Waals surface area contributed by atoms with Crippen LogP contribution >= 0.6 is 28.3 Å². The molecule has 0 aromatic heterocycles. The number of halogens is 2. The number of rotatable bonds is 9. The van der Waals surface area contributed by atoms with Crippen LogP contribution < -0.4 is 14.8 Å². The van der Waals surface area contributed by atoms with E-state index in [1.54, 1.807) is 14.2 Å². The fraction of sp³-hybridized carbons (Fsp3) is 0.571. The van der Waals surface area contributed by atoms with Gasteiger partial charge in [-0.1, -0.05) is 0 Å². The first-order valence-electron chi connectivity index (χ1n) is 6.45. The van der Waals surface area contributed by atoms with E-state index in [9.17, 15) is 0 Å². The minimum atomic E-state index is 0. The molecule has 0 radical (unpaired) electrons. The van der Waals surface area contributed by atoms with Crippen LogP contribution in [0.3, 0.4) is 0 Å². The molecule has 0 spiro atoms. The molecule has 0 heterocycles. The summed E-state index contributed by atoms with van der Waals surface area (Å²) < 4.78 is 11.5. The number of unbranched alkanes of at least 4 members (excludes halogenated alkanes) is 2. The highest BCUT2D eigenvalue weighted by atomic mass is 79.9. The first-order valence-corrected chi connectivity index (χ1v) is 7.24. The molecule has 0 atom stereocenters. The van der Waals surface area contributed by atoms with Crippen molar-refractivity contribution in [3.05, 3.63) is 22.2 Å². The van der Waals surface area contributed by atoms with E-state index in [4.69, 9.17) is 14.6 Å². The third-order valence-corrected chi connectivity index (χ3v) is 3.42. The normalized spacial score (nSPS) is 10.0. The van der Waals surface area contributed by atoms with Crippen molar-refractivity contribution in [3.8, 4) is 11.5 Å². The van der Waals surface area contributed by atoms with E-state index in [-0.39, 0.29) is 19.0 Å². The molecule has 0 saturated heterocycles. The Bertz CT molecular complexity index is 391. The van der Waals surface area contributed by atoms with E-state index in [0.29, 0.717) is 5.75 Å². The van der Waals surface area contributed by atoms with Crippen molar-refractivity contribution in [1.29, 1.82) is 0 Å². The second-order valence-electron chi connectivity index (χ2n) is 4.27. The lowest BCUT2D eigenvalue weighted by Crippen LogP contribution is -2.15. The predicted octanol–water partition coefficient (Wildman–Crippen LogP) is 3.14. The molecule has 0 aliphatic rings. The smallest absolute Gasteiger partial charge is 0.174 e. The summed E-state index contributed by atoms with van der Waals surface area (Å²) in [6, 6.07) is 4.01. The Kier molecular flexibility index (Phi) is 10.9. The highest BCUT2D eigenvalue weighted by Gasteiger charge is 2.10. The summed E-state index contributed by atoms with van der Waals surface area (Å²) in [6.45, 7) is 2.02. The van der Waals surface area contributed by atoms with E-state index >= 15 is 0 Å². The molecular weight excluding hydrogens is 346 g/mol. The molecule has 0 saturated carbocycles. The third-order valence-electron chi connectivity index (χ3n) is 2.83. The SMILES string of the molecule is COc1cc(CNCCCCCO)cc(Br)c1OC.Cl. The van der Waals surface area contributed by atoms with Crippen LogP contribution in [0.5, 0.6) is 11.5 Å². The molecule has 20 heavy (non-hydrogen) atoms. The van der Waals surface area contributed by atoms with Gasteiger partial charge in [0.2, 0.25) is 0 Å². The Hall–Kier alpha value is -0.490. The first-order chi connectivity index (χ1) is 9.22. The fourth-order valence-electron chi connectivity index (χ4n) is 1.84. The van der Waals surface area contributed by atoms with Gasteiger partial charge in [-0.2, -0.15) is 0 Å². The van der Waals surface area contributed by atoms with Crippen molar-refractivity contribution in [3.63, 3.8) is 0 Å². The number of aliphatic hydroxyl groups excluding tert-OH is 1. The quantitative estimate of drug-likeness (QED) is 0.658. The summed E-state index contributed by atoms with van der Waals surface area (Å²) in [5.74, 6) is 1.45. The van der Waals surface area contributed by atoms with Crippen molar-refractivity contribution < 1.29 is 14.6 Å². The predicted molar refractivity (Wildman–Crippen MR) is 87.1 cm³/mol. The number of aliphatic hydroxyl groups is 1. The molecule has 6 heteroatoms. The zero-order valence-corrected chi connectivity index (χ0v) is 14.3. The van der Waals surface area contributed by atoms with Crippen LogP contribution in [0, 0.1) is 0 Å². The number of hydrogen-bond acceptors (Lipinski definition) is 4. The summed E-state index contributed by atoms with van der Waals surface area (Å²) in [7, 11) is 3.26. The fourth-order valence-corrected chi connectivity index (χ4v) is 2.50. The van der Waals surface area contributed by atoms with Gasteiger partial charge in [-0.3, -0.25) is 0 Å². The highest BCUT2D eigenvalue weighted by molar-refractivity contribution is 9.10. The summed E-state index contributed by atoms with van der Waals surface area (Å²) >= 11 is 3.48. The average Bonchev–Trinajstić information content (AvgIpc) is 2.42. The van der Waals surface area contributed by atoms with Crippen LogP contribution in [0.1, 0.15) is 24.8 Å². The van der Waals surface area contributed by atoms with Crippen LogP contribution in [-0.2, 0) is 6.54 Å². The first kappa shape index (κ1) is 19.5. The average molecular weight is 369 g/mol. The lowest BCUT2D eigenvalue weighted by molar-refractivity contribution is 0.283. The summed E-state index contributed by atoms with van der Waals surface area (Å²) in [5.41, 5.74) is 1.15. The topological polar surface area (TPSA) is 50.7 Å². The molecule has 1 aromatic rings. The number of methoxy groups -OCH3 is 2. The Balaban J connectivity index is 0.00000361. The van der Waals surface area contributed by atoms with Gasteiger partial charge < -0.3 is 19.9 Å². The number of benzene rings is 1. The molecule has 0 aliphatic carbocycles. The number of nitrogens with one attached hydrogen (secondary N) is 1.